The highest BCUT2D eigenvalue weighted by Gasteiger charge is 2.33. The Hall–Kier alpha value is -1.73. The molecule has 0 bridgehead atoms. The summed E-state index contributed by atoms with van der Waals surface area (Å²) in [4.78, 5) is 12.2. The molecule has 7 heteroatoms. The van der Waals surface area contributed by atoms with Gasteiger partial charge in [-0.1, -0.05) is 11.3 Å². The van der Waals surface area contributed by atoms with Gasteiger partial charge in [0.05, 0.1) is 23.1 Å². The third-order valence-electron chi connectivity index (χ3n) is 3.62. The highest BCUT2D eigenvalue weighted by atomic mass is 32.1. The van der Waals surface area contributed by atoms with Gasteiger partial charge in [0.25, 0.3) is 0 Å². The van der Waals surface area contributed by atoms with E-state index in [2.05, 4.69) is 24.2 Å². The molecule has 0 aromatic carbocycles. The number of nitrogens with zero attached hydrogens (tertiary/aromatic N) is 3. The third kappa shape index (κ3) is 2.84. The minimum Gasteiger partial charge on any atom is -0.476 e. The first kappa shape index (κ1) is 14.2. The lowest BCUT2D eigenvalue weighted by molar-refractivity contribution is -0.0229. The first-order chi connectivity index (χ1) is 9.96. The number of rotatable bonds is 4. The highest BCUT2D eigenvalue weighted by Crippen LogP contribution is 2.32. The van der Waals surface area contributed by atoms with E-state index in [1.165, 1.54) is 11.3 Å². The van der Waals surface area contributed by atoms with Crippen molar-refractivity contribution in [2.75, 3.05) is 0 Å². The van der Waals surface area contributed by atoms with Crippen molar-refractivity contribution in [1.29, 1.82) is 0 Å². The molecule has 1 fully saturated rings. The lowest BCUT2D eigenvalue weighted by Gasteiger charge is -2.19. The molecular formula is C14H17N3O3S. The minimum absolute atomic E-state index is 0.00490. The van der Waals surface area contributed by atoms with Crippen molar-refractivity contribution in [3.8, 4) is 10.6 Å². The summed E-state index contributed by atoms with van der Waals surface area (Å²) in [5.41, 5.74) is 0.435. The zero-order valence-electron chi connectivity index (χ0n) is 11.9. The smallest absolute Gasteiger partial charge is 0.358 e. The first-order valence-electron chi connectivity index (χ1n) is 6.85. The molecule has 6 nitrogen and oxygen atoms in total. The Labute approximate surface area is 126 Å². The number of hydrogen-bond acceptors (Lipinski definition) is 5. The summed E-state index contributed by atoms with van der Waals surface area (Å²) in [7, 11) is 0. The average Bonchev–Trinajstić information content (AvgIpc) is 3.09. The van der Waals surface area contributed by atoms with Crippen LogP contribution in [0.2, 0.25) is 0 Å². The van der Waals surface area contributed by atoms with Gasteiger partial charge < -0.3 is 9.84 Å². The molecule has 2 aromatic heterocycles. The lowest BCUT2D eigenvalue weighted by Crippen LogP contribution is -2.23. The van der Waals surface area contributed by atoms with Crippen molar-refractivity contribution in [1.82, 2.24) is 15.0 Å². The zero-order valence-corrected chi connectivity index (χ0v) is 12.8. The van der Waals surface area contributed by atoms with Gasteiger partial charge in [-0.25, -0.2) is 9.48 Å². The van der Waals surface area contributed by atoms with Crippen LogP contribution in [-0.4, -0.2) is 37.8 Å². The average molecular weight is 307 g/mol. The normalized spacial score (nSPS) is 20.8. The second-order valence-corrected chi connectivity index (χ2v) is 6.74. The summed E-state index contributed by atoms with van der Waals surface area (Å²) >= 11 is 1.48. The Kier molecular flexibility index (Phi) is 3.54. The van der Waals surface area contributed by atoms with Crippen LogP contribution in [-0.2, 0) is 11.3 Å². The number of hydrogen-bond donors (Lipinski definition) is 1. The standard InChI is InChI=1S/C14H17N3O3S/c1-14(2)6-5-9(20-14)8-17-12(10-4-3-7-21-10)11(13(18)19)15-16-17/h3-4,7,9H,5-6,8H2,1-2H3,(H,18,19). The molecule has 0 spiro atoms. The van der Waals surface area contributed by atoms with Crippen LogP contribution in [0.25, 0.3) is 10.6 Å². The Morgan fingerprint density at radius 2 is 2.43 bits per heavy atom. The summed E-state index contributed by atoms with van der Waals surface area (Å²) in [5, 5.41) is 19.0. The first-order valence-corrected chi connectivity index (χ1v) is 7.73. The molecule has 3 rings (SSSR count). The fourth-order valence-corrected chi connectivity index (χ4v) is 3.42. The largest absolute Gasteiger partial charge is 0.476 e. The van der Waals surface area contributed by atoms with Crippen LogP contribution in [0, 0.1) is 0 Å². The lowest BCUT2D eigenvalue weighted by atomic mass is 10.1. The topological polar surface area (TPSA) is 77.2 Å². The van der Waals surface area contributed by atoms with Crippen LogP contribution in [0.15, 0.2) is 17.5 Å². The maximum absolute atomic E-state index is 11.3. The van der Waals surface area contributed by atoms with E-state index >= 15 is 0 Å². The van der Waals surface area contributed by atoms with Gasteiger partial charge in [-0.3, -0.25) is 0 Å². The van der Waals surface area contributed by atoms with Crippen LogP contribution < -0.4 is 0 Å². The van der Waals surface area contributed by atoms with Gasteiger partial charge >= 0.3 is 5.97 Å². The van der Waals surface area contributed by atoms with E-state index in [4.69, 9.17) is 4.74 Å². The summed E-state index contributed by atoms with van der Waals surface area (Å²) in [6.45, 7) is 4.66. The van der Waals surface area contributed by atoms with Crippen LogP contribution in [0.1, 0.15) is 37.2 Å². The molecule has 0 aliphatic carbocycles. The maximum Gasteiger partial charge on any atom is 0.358 e. The Morgan fingerprint density at radius 3 is 3.00 bits per heavy atom. The van der Waals surface area contributed by atoms with Crippen molar-refractivity contribution in [3.63, 3.8) is 0 Å². The van der Waals surface area contributed by atoms with Gasteiger partial charge in [0.2, 0.25) is 0 Å². The number of carboxylic acids is 1. The van der Waals surface area contributed by atoms with Crippen molar-refractivity contribution in [2.45, 2.75) is 44.9 Å². The second-order valence-electron chi connectivity index (χ2n) is 5.79. The molecule has 112 valence electrons. The molecule has 1 unspecified atom stereocenters. The van der Waals surface area contributed by atoms with E-state index in [1.54, 1.807) is 4.68 Å². The van der Waals surface area contributed by atoms with E-state index in [9.17, 15) is 9.90 Å². The maximum atomic E-state index is 11.3. The predicted molar refractivity (Wildman–Crippen MR) is 78.5 cm³/mol. The number of carboxylic acid groups (broad SMARTS) is 1. The fourth-order valence-electron chi connectivity index (χ4n) is 2.64. The molecular weight excluding hydrogens is 290 g/mol. The van der Waals surface area contributed by atoms with Crippen LogP contribution in [0.3, 0.4) is 0 Å². The molecule has 1 aliphatic heterocycles. The predicted octanol–water partition coefficient (Wildman–Crippen LogP) is 2.66. The molecule has 2 aromatic rings. The number of aromatic nitrogens is 3. The van der Waals surface area contributed by atoms with E-state index in [-0.39, 0.29) is 17.4 Å². The molecule has 0 radical (unpaired) electrons. The van der Waals surface area contributed by atoms with E-state index in [0.717, 1.165) is 17.7 Å². The van der Waals surface area contributed by atoms with Crippen molar-refractivity contribution >= 4 is 17.3 Å². The summed E-state index contributed by atoms with van der Waals surface area (Å²) < 4.78 is 7.62. The van der Waals surface area contributed by atoms with Gasteiger partial charge in [0, 0.05) is 0 Å². The van der Waals surface area contributed by atoms with Crippen LogP contribution in [0.5, 0.6) is 0 Å². The van der Waals surface area contributed by atoms with Gasteiger partial charge in [-0.2, -0.15) is 0 Å². The molecule has 1 saturated heterocycles. The zero-order chi connectivity index (χ0) is 15.0. The van der Waals surface area contributed by atoms with E-state index in [1.807, 2.05) is 17.5 Å². The Morgan fingerprint density at radius 1 is 1.62 bits per heavy atom. The van der Waals surface area contributed by atoms with Crippen LogP contribution in [0.4, 0.5) is 0 Å². The Balaban J connectivity index is 1.91. The van der Waals surface area contributed by atoms with Gasteiger partial charge in [0.1, 0.15) is 5.69 Å². The quantitative estimate of drug-likeness (QED) is 0.939. The summed E-state index contributed by atoms with van der Waals surface area (Å²) in [6.07, 6.45) is 1.98. The molecule has 0 saturated carbocycles. The van der Waals surface area contributed by atoms with Crippen molar-refractivity contribution in [2.24, 2.45) is 0 Å². The minimum atomic E-state index is -1.06. The molecule has 3 heterocycles. The third-order valence-corrected chi connectivity index (χ3v) is 4.50. The second kappa shape index (κ2) is 5.23. The van der Waals surface area contributed by atoms with Gasteiger partial charge in [-0.15, -0.1) is 16.4 Å². The fraction of sp³-hybridized carbons (Fsp3) is 0.500. The van der Waals surface area contributed by atoms with Gasteiger partial charge in [0.15, 0.2) is 5.69 Å². The number of ether oxygens (including phenoxy) is 1. The summed E-state index contributed by atoms with van der Waals surface area (Å²) in [5.74, 6) is -1.06. The molecule has 1 aliphatic rings. The molecule has 1 N–H and O–H groups in total. The number of aromatic carboxylic acids is 1. The van der Waals surface area contributed by atoms with Crippen LogP contribution >= 0.6 is 11.3 Å². The SMILES string of the molecule is CC1(C)CCC(Cn2nnc(C(=O)O)c2-c2cccs2)O1. The number of thiophene rings is 1. The van der Waals surface area contributed by atoms with Gasteiger partial charge in [-0.05, 0) is 38.1 Å². The molecule has 1 atom stereocenters. The molecule has 21 heavy (non-hydrogen) atoms. The van der Waals surface area contributed by atoms with Crippen molar-refractivity contribution < 1.29 is 14.6 Å². The summed E-state index contributed by atoms with van der Waals surface area (Å²) in [6, 6.07) is 3.77. The van der Waals surface area contributed by atoms with Crippen molar-refractivity contribution in [3.05, 3.63) is 23.2 Å². The van der Waals surface area contributed by atoms with E-state index < -0.39 is 5.97 Å². The highest BCUT2D eigenvalue weighted by molar-refractivity contribution is 7.13. The monoisotopic (exact) mass is 307 g/mol. The number of carbonyl (C=O) groups is 1. The van der Waals surface area contributed by atoms with E-state index in [0.29, 0.717) is 12.2 Å². The Bertz CT molecular complexity index is 648. The molecule has 0 amide bonds.